The first-order valence-corrected chi connectivity index (χ1v) is 8.63. The summed E-state index contributed by atoms with van der Waals surface area (Å²) in [6, 6.07) is 28.5. The number of benzene rings is 3. The number of rotatable bonds is 3. The first kappa shape index (κ1) is 15.0. The molecule has 0 aromatic heterocycles. The van der Waals surface area contributed by atoms with Gasteiger partial charge in [-0.15, -0.1) is 0 Å². The molecule has 1 aliphatic carbocycles. The van der Waals surface area contributed by atoms with Gasteiger partial charge in [0.1, 0.15) is 5.75 Å². The van der Waals surface area contributed by atoms with Crippen molar-refractivity contribution in [3.8, 4) is 5.75 Å². The smallest absolute Gasteiger partial charge is 0.119 e. The Morgan fingerprint density at radius 3 is 2.12 bits per heavy atom. The van der Waals surface area contributed by atoms with E-state index in [-0.39, 0.29) is 0 Å². The Morgan fingerprint density at radius 1 is 0.792 bits per heavy atom. The van der Waals surface area contributed by atoms with Crippen LogP contribution in [0.5, 0.6) is 5.75 Å². The van der Waals surface area contributed by atoms with Gasteiger partial charge in [-0.25, -0.2) is 0 Å². The zero-order chi connectivity index (χ0) is 16.4. The third kappa shape index (κ3) is 2.71. The number of ether oxygens (including phenoxy) is 1. The summed E-state index contributed by atoms with van der Waals surface area (Å²) in [5, 5.41) is 0. The minimum atomic E-state index is 0.406. The molecule has 3 aromatic carbocycles. The van der Waals surface area contributed by atoms with Gasteiger partial charge in [0, 0.05) is 5.92 Å². The molecule has 2 unspecified atom stereocenters. The Bertz CT molecular complexity index is 808. The fourth-order valence-corrected chi connectivity index (χ4v) is 4.06. The van der Waals surface area contributed by atoms with E-state index in [2.05, 4.69) is 78.9 Å². The zero-order valence-corrected chi connectivity index (χ0v) is 14.0. The number of methoxy groups -OCH3 is 1. The highest BCUT2D eigenvalue weighted by atomic mass is 16.5. The molecule has 0 bridgehead atoms. The van der Waals surface area contributed by atoms with Crippen molar-refractivity contribution in [2.45, 2.75) is 24.7 Å². The van der Waals surface area contributed by atoms with Crippen LogP contribution in [0.3, 0.4) is 0 Å². The molecule has 3 aromatic rings. The Balaban J connectivity index is 1.84. The van der Waals surface area contributed by atoms with Crippen molar-refractivity contribution in [3.63, 3.8) is 0 Å². The maximum Gasteiger partial charge on any atom is 0.119 e. The van der Waals surface area contributed by atoms with Crippen molar-refractivity contribution in [1.29, 1.82) is 0 Å². The second-order valence-corrected chi connectivity index (χ2v) is 6.51. The van der Waals surface area contributed by atoms with Gasteiger partial charge < -0.3 is 4.74 Å². The number of aryl methyl sites for hydroxylation is 1. The molecule has 0 saturated heterocycles. The van der Waals surface area contributed by atoms with Crippen molar-refractivity contribution >= 4 is 0 Å². The van der Waals surface area contributed by atoms with Crippen LogP contribution < -0.4 is 4.74 Å². The molecule has 0 fully saturated rings. The second-order valence-electron chi connectivity index (χ2n) is 6.51. The predicted molar refractivity (Wildman–Crippen MR) is 98.8 cm³/mol. The normalized spacial score (nSPS) is 19.5. The molecule has 0 radical (unpaired) electrons. The Hall–Kier alpha value is -2.54. The van der Waals surface area contributed by atoms with Crippen molar-refractivity contribution in [1.82, 2.24) is 0 Å². The van der Waals surface area contributed by atoms with Gasteiger partial charge in [0.05, 0.1) is 7.11 Å². The minimum Gasteiger partial charge on any atom is -0.497 e. The van der Waals surface area contributed by atoms with Crippen LogP contribution in [0.4, 0.5) is 0 Å². The molecule has 0 spiro atoms. The average Bonchev–Trinajstić information content (AvgIpc) is 2.68. The van der Waals surface area contributed by atoms with E-state index in [4.69, 9.17) is 4.74 Å². The van der Waals surface area contributed by atoms with Gasteiger partial charge in [0.15, 0.2) is 0 Å². The van der Waals surface area contributed by atoms with E-state index in [1.54, 1.807) is 7.11 Å². The van der Waals surface area contributed by atoms with Crippen LogP contribution in [0.25, 0.3) is 0 Å². The van der Waals surface area contributed by atoms with E-state index < -0.39 is 0 Å². The molecular weight excluding hydrogens is 292 g/mol. The molecule has 1 heteroatoms. The van der Waals surface area contributed by atoms with Crippen LogP contribution in [-0.2, 0) is 6.42 Å². The molecule has 24 heavy (non-hydrogen) atoms. The highest BCUT2D eigenvalue weighted by Gasteiger charge is 2.31. The molecule has 0 aliphatic heterocycles. The lowest BCUT2D eigenvalue weighted by molar-refractivity contribution is 0.412. The summed E-state index contributed by atoms with van der Waals surface area (Å²) in [5.41, 5.74) is 5.71. The van der Waals surface area contributed by atoms with E-state index in [0.29, 0.717) is 11.8 Å². The van der Waals surface area contributed by atoms with Crippen molar-refractivity contribution in [2.24, 2.45) is 0 Å². The van der Waals surface area contributed by atoms with Crippen molar-refractivity contribution in [3.05, 3.63) is 101 Å². The van der Waals surface area contributed by atoms with Gasteiger partial charge in [-0.1, -0.05) is 66.7 Å². The van der Waals surface area contributed by atoms with E-state index in [1.807, 2.05) is 0 Å². The lowest BCUT2D eigenvalue weighted by Gasteiger charge is -2.35. The minimum absolute atomic E-state index is 0.406. The molecular formula is C23H22O. The van der Waals surface area contributed by atoms with E-state index in [1.165, 1.54) is 28.7 Å². The molecule has 120 valence electrons. The molecule has 2 atom stereocenters. The quantitative estimate of drug-likeness (QED) is 0.615. The highest BCUT2D eigenvalue weighted by Crippen LogP contribution is 2.46. The van der Waals surface area contributed by atoms with Crippen LogP contribution in [0.1, 0.15) is 40.5 Å². The van der Waals surface area contributed by atoms with E-state index in [9.17, 15) is 0 Å². The lowest BCUT2D eigenvalue weighted by Crippen LogP contribution is -2.20. The van der Waals surface area contributed by atoms with E-state index >= 15 is 0 Å². The maximum absolute atomic E-state index is 5.43. The van der Waals surface area contributed by atoms with Gasteiger partial charge in [-0.2, -0.15) is 0 Å². The fourth-order valence-electron chi connectivity index (χ4n) is 4.06. The zero-order valence-electron chi connectivity index (χ0n) is 14.0. The average molecular weight is 314 g/mol. The van der Waals surface area contributed by atoms with Crippen LogP contribution >= 0.6 is 0 Å². The molecule has 1 aliphatic rings. The lowest BCUT2D eigenvalue weighted by atomic mass is 9.69. The van der Waals surface area contributed by atoms with Gasteiger partial charge in [0.25, 0.3) is 0 Å². The van der Waals surface area contributed by atoms with Gasteiger partial charge in [-0.3, -0.25) is 0 Å². The summed E-state index contributed by atoms with van der Waals surface area (Å²) < 4.78 is 5.43. The number of fused-ring (bicyclic) bond motifs is 1. The summed E-state index contributed by atoms with van der Waals surface area (Å²) in [6.07, 6.45) is 2.28. The molecule has 0 amide bonds. The monoisotopic (exact) mass is 314 g/mol. The van der Waals surface area contributed by atoms with Crippen molar-refractivity contribution < 1.29 is 4.74 Å². The van der Waals surface area contributed by atoms with Gasteiger partial charge in [0.2, 0.25) is 0 Å². The molecule has 1 nitrogen and oxygen atoms in total. The maximum atomic E-state index is 5.43. The molecule has 0 saturated carbocycles. The Labute approximate surface area is 143 Å². The summed E-state index contributed by atoms with van der Waals surface area (Å²) >= 11 is 0. The predicted octanol–water partition coefficient (Wildman–Crippen LogP) is 5.56. The standard InChI is InChI=1S/C23H22O/c1-24-20-13-15-22-19(16-20)12-14-21(17-8-4-2-5-9-17)23(22)18-10-6-3-7-11-18/h2-11,13,15-16,21,23H,12,14H2,1H3. The van der Waals surface area contributed by atoms with Crippen LogP contribution in [0.15, 0.2) is 78.9 Å². The molecule has 0 heterocycles. The first-order valence-electron chi connectivity index (χ1n) is 8.63. The first-order chi connectivity index (χ1) is 11.9. The third-order valence-electron chi connectivity index (χ3n) is 5.20. The Kier molecular flexibility index (Phi) is 4.08. The third-order valence-corrected chi connectivity index (χ3v) is 5.20. The summed E-state index contributed by atoms with van der Waals surface area (Å²) in [5.74, 6) is 1.89. The number of hydrogen-bond acceptors (Lipinski definition) is 1. The van der Waals surface area contributed by atoms with Crippen LogP contribution in [0.2, 0.25) is 0 Å². The Morgan fingerprint density at radius 2 is 1.46 bits per heavy atom. The summed E-state index contributed by atoms with van der Waals surface area (Å²) in [4.78, 5) is 0. The molecule has 4 rings (SSSR count). The highest BCUT2D eigenvalue weighted by molar-refractivity contribution is 5.47. The van der Waals surface area contributed by atoms with Crippen LogP contribution in [-0.4, -0.2) is 7.11 Å². The topological polar surface area (TPSA) is 9.23 Å². The second kappa shape index (κ2) is 6.52. The van der Waals surface area contributed by atoms with Gasteiger partial charge >= 0.3 is 0 Å². The summed E-state index contributed by atoms with van der Waals surface area (Å²) in [6.45, 7) is 0. The molecule has 0 N–H and O–H groups in total. The van der Waals surface area contributed by atoms with E-state index in [0.717, 1.165) is 12.2 Å². The SMILES string of the molecule is COc1ccc2c(c1)CCC(c1ccccc1)C2c1ccccc1. The fraction of sp³-hybridized carbons (Fsp3) is 0.217. The van der Waals surface area contributed by atoms with Gasteiger partial charge in [-0.05, 0) is 53.1 Å². The van der Waals surface area contributed by atoms with Crippen molar-refractivity contribution in [2.75, 3.05) is 7.11 Å². The summed E-state index contributed by atoms with van der Waals surface area (Å²) in [7, 11) is 1.74. The van der Waals surface area contributed by atoms with Crippen LogP contribution in [0, 0.1) is 0 Å². The largest absolute Gasteiger partial charge is 0.497 e. The number of hydrogen-bond donors (Lipinski definition) is 0.